The summed E-state index contributed by atoms with van der Waals surface area (Å²) in [6.45, 7) is 3.69. The summed E-state index contributed by atoms with van der Waals surface area (Å²) in [5.74, 6) is 0.656. The highest BCUT2D eigenvalue weighted by molar-refractivity contribution is 7.88. The summed E-state index contributed by atoms with van der Waals surface area (Å²) >= 11 is 0. The molecule has 2 aliphatic heterocycles. The molecule has 0 saturated carbocycles. The van der Waals surface area contributed by atoms with Crippen LogP contribution < -0.4 is 4.90 Å². The first-order valence-corrected chi connectivity index (χ1v) is 13.3. The standard InChI is InChI=1S/C22H26N8O3S/c1-34(31,32)29-6-4-16(5-7-29)30-21-17(13-25-30)20(15-2-3-18-19(12-15)24-14-23-18)26-22(27-21)28-8-10-33-11-9-28/h2-3,12-14,16H,4-11H2,1H3,(H,23,24). The minimum Gasteiger partial charge on any atom is -0.378 e. The quantitative estimate of drug-likeness (QED) is 0.467. The SMILES string of the molecule is CS(=O)(=O)N1CCC(n2ncc3c(-c4ccc5[nH]cnc5c4)nc(N4CCOCC4)nc32)CC1. The lowest BCUT2D eigenvalue weighted by molar-refractivity contribution is 0.122. The van der Waals surface area contributed by atoms with Crippen LogP contribution in [0.25, 0.3) is 33.3 Å². The molecule has 3 aromatic heterocycles. The highest BCUT2D eigenvalue weighted by atomic mass is 32.2. The molecule has 5 heterocycles. The molecule has 11 nitrogen and oxygen atoms in total. The lowest BCUT2D eigenvalue weighted by Crippen LogP contribution is -2.38. The van der Waals surface area contributed by atoms with E-state index in [1.54, 1.807) is 6.33 Å². The molecule has 0 radical (unpaired) electrons. The Morgan fingerprint density at radius 1 is 1.09 bits per heavy atom. The molecule has 12 heteroatoms. The average Bonchev–Trinajstić information content (AvgIpc) is 3.50. The molecule has 4 aromatic rings. The van der Waals surface area contributed by atoms with Gasteiger partial charge in [0.1, 0.15) is 0 Å². The lowest BCUT2D eigenvalue weighted by Gasteiger charge is -2.30. The van der Waals surface area contributed by atoms with Crippen LogP contribution in [0, 0.1) is 0 Å². The van der Waals surface area contributed by atoms with Crippen LogP contribution in [-0.2, 0) is 14.8 Å². The van der Waals surface area contributed by atoms with Crippen molar-refractivity contribution < 1.29 is 13.2 Å². The Balaban J connectivity index is 1.44. The van der Waals surface area contributed by atoms with E-state index < -0.39 is 10.0 Å². The Hall–Kier alpha value is -3.09. The summed E-state index contributed by atoms with van der Waals surface area (Å²) < 4.78 is 32.9. The zero-order valence-corrected chi connectivity index (χ0v) is 19.7. The molecule has 0 atom stereocenters. The van der Waals surface area contributed by atoms with Crippen molar-refractivity contribution in [3.8, 4) is 11.3 Å². The molecule has 1 aromatic carbocycles. The van der Waals surface area contributed by atoms with Crippen LogP contribution >= 0.6 is 0 Å². The fourth-order valence-electron chi connectivity index (χ4n) is 4.80. The van der Waals surface area contributed by atoms with E-state index in [2.05, 4.69) is 14.9 Å². The van der Waals surface area contributed by atoms with E-state index in [1.165, 1.54) is 10.6 Å². The summed E-state index contributed by atoms with van der Waals surface area (Å²) in [4.78, 5) is 19.6. The maximum atomic E-state index is 11.9. The second kappa shape index (κ2) is 8.29. The lowest BCUT2D eigenvalue weighted by atomic mass is 10.1. The van der Waals surface area contributed by atoms with Gasteiger partial charge in [0.05, 0.1) is 60.1 Å². The van der Waals surface area contributed by atoms with E-state index >= 15 is 0 Å². The molecule has 0 unspecified atom stereocenters. The van der Waals surface area contributed by atoms with Gasteiger partial charge in [-0.2, -0.15) is 10.1 Å². The van der Waals surface area contributed by atoms with Crippen LogP contribution in [-0.4, -0.2) is 88.1 Å². The largest absolute Gasteiger partial charge is 0.378 e. The Kier molecular flexibility index (Phi) is 5.23. The van der Waals surface area contributed by atoms with E-state index in [0.717, 1.165) is 46.4 Å². The number of piperidine rings is 1. The predicted molar refractivity (Wildman–Crippen MR) is 128 cm³/mol. The van der Waals surface area contributed by atoms with Gasteiger partial charge in [-0.25, -0.2) is 27.4 Å². The molecule has 0 bridgehead atoms. The number of hydrogen-bond donors (Lipinski definition) is 1. The zero-order valence-electron chi connectivity index (χ0n) is 18.9. The van der Waals surface area contributed by atoms with E-state index in [1.807, 2.05) is 29.1 Å². The molecule has 2 aliphatic rings. The number of aromatic nitrogens is 6. The molecular weight excluding hydrogens is 456 g/mol. The van der Waals surface area contributed by atoms with Crippen LogP contribution in [0.2, 0.25) is 0 Å². The number of nitrogens with one attached hydrogen (secondary N) is 1. The van der Waals surface area contributed by atoms with Gasteiger partial charge in [-0.05, 0) is 25.0 Å². The van der Waals surface area contributed by atoms with Gasteiger partial charge >= 0.3 is 0 Å². The number of benzene rings is 1. The van der Waals surface area contributed by atoms with Crippen molar-refractivity contribution in [1.82, 2.24) is 34.0 Å². The smallest absolute Gasteiger partial charge is 0.228 e. The second-order valence-electron chi connectivity index (χ2n) is 8.83. The highest BCUT2D eigenvalue weighted by Gasteiger charge is 2.28. The molecule has 0 aliphatic carbocycles. The molecule has 1 N–H and O–H groups in total. The van der Waals surface area contributed by atoms with Gasteiger partial charge < -0.3 is 14.6 Å². The fraction of sp³-hybridized carbons (Fsp3) is 0.455. The Labute approximate surface area is 196 Å². The van der Waals surface area contributed by atoms with E-state index in [-0.39, 0.29) is 6.04 Å². The summed E-state index contributed by atoms with van der Waals surface area (Å²) in [6, 6.07) is 6.14. The maximum absolute atomic E-state index is 11.9. The predicted octanol–water partition coefficient (Wildman–Crippen LogP) is 1.80. The van der Waals surface area contributed by atoms with E-state index in [4.69, 9.17) is 19.8 Å². The number of fused-ring (bicyclic) bond motifs is 2. The van der Waals surface area contributed by atoms with Crippen LogP contribution in [0.1, 0.15) is 18.9 Å². The summed E-state index contributed by atoms with van der Waals surface area (Å²) in [7, 11) is -3.19. The van der Waals surface area contributed by atoms with Gasteiger partial charge in [-0.15, -0.1) is 0 Å². The Morgan fingerprint density at radius 3 is 2.65 bits per heavy atom. The minimum atomic E-state index is -3.19. The number of morpholine rings is 1. The summed E-state index contributed by atoms with van der Waals surface area (Å²) in [6.07, 6.45) is 6.15. The third-order valence-corrected chi connectivity index (χ3v) is 7.97. The molecule has 2 saturated heterocycles. The first-order chi connectivity index (χ1) is 16.5. The van der Waals surface area contributed by atoms with Crippen molar-refractivity contribution in [2.24, 2.45) is 0 Å². The maximum Gasteiger partial charge on any atom is 0.228 e. The number of sulfonamides is 1. The van der Waals surface area contributed by atoms with Crippen molar-refractivity contribution in [3.63, 3.8) is 0 Å². The number of imidazole rings is 1. The van der Waals surface area contributed by atoms with Crippen molar-refractivity contribution >= 4 is 38.0 Å². The van der Waals surface area contributed by atoms with Gasteiger partial charge in [-0.3, -0.25) is 0 Å². The normalized spacial score (nSPS) is 18.8. The van der Waals surface area contributed by atoms with Crippen molar-refractivity contribution in [2.75, 3.05) is 50.5 Å². The molecule has 0 spiro atoms. The number of rotatable bonds is 4. The Morgan fingerprint density at radius 2 is 1.88 bits per heavy atom. The van der Waals surface area contributed by atoms with Crippen molar-refractivity contribution in [2.45, 2.75) is 18.9 Å². The number of hydrogen-bond acceptors (Lipinski definition) is 8. The molecule has 0 amide bonds. The molecule has 178 valence electrons. The first kappa shape index (κ1) is 21.4. The molecule has 34 heavy (non-hydrogen) atoms. The summed E-state index contributed by atoms with van der Waals surface area (Å²) in [5.41, 5.74) is 4.38. The fourth-order valence-corrected chi connectivity index (χ4v) is 5.68. The van der Waals surface area contributed by atoms with Gasteiger partial charge in [0, 0.05) is 31.7 Å². The van der Waals surface area contributed by atoms with Crippen molar-refractivity contribution in [3.05, 3.63) is 30.7 Å². The minimum absolute atomic E-state index is 0.0737. The number of H-pyrrole nitrogens is 1. The highest BCUT2D eigenvalue weighted by Crippen LogP contribution is 2.33. The zero-order chi connectivity index (χ0) is 23.3. The number of anilines is 1. The van der Waals surface area contributed by atoms with Crippen molar-refractivity contribution in [1.29, 1.82) is 0 Å². The monoisotopic (exact) mass is 482 g/mol. The van der Waals surface area contributed by atoms with Crippen LogP contribution in [0.4, 0.5) is 5.95 Å². The topological polar surface area (TPSA) is 122 Å². The van der Waals surface area contributed by atoms with Gasteiger partial charge in [-0.1, -0.05) is 6.07 Å². The third kappa shape index (κ3) is 3.81. The van der Waals surface area contributed by atoms with Gasteiger partial charge in [0.25, 0.3) is 0 Å². The third-order valence-electron chi connectivity index (χ3n) is 6.67. The number of ether oxygens (including phenoxy) is 1. The van der Waals surface area contributed by atoms with Crippen LogP contribution in [0.3, 0.4) is 0 Å². The van der Waals surface area contributed by atoms with Gasteiger partial charge in [0.15, 0.2) is 5.65 Å². The Bertz CT molecular complexity index is 1450. The number of aromatic amines is 1. The number of nitrogens with zero attached hydrogens (tertiary/aromatic N) is 7. The first-order valence-electron chi connectivity index (χ1n) is 11.4. The van der Waals surface area contributed by atoms with Crippen LogP contribution in [0.15, 0.2) is 30.7 Å². The molecular formula is C22H26N8O3S. The summed E-state index contributed by atoms with van der Waals surface area (Å²) in [5, 5.41) is 5.58. The van der Waals surface area contributed by atoms with Crippen LogP contribution in [0.5, 0.6) is 0 Å². The second-order valence-corrected chi connectivity index (χ2v) is 10.8. The molecule has 6 rings (SSSR count). The molecule has 2 fully saturated rings. The van der Waals surface area contributed by atoms with Gasteiger partial charge in [0.2, 0.25) is 16.0 Å². The van der Waals surface area contributed by atoms with E-state index in [0.29, 0.717) is 45.1 Å². The van der Waals surface area contributed by atoms with E-state index in [9.17, 15) is 8.42 Å². The average molecular weight is 483 g/mol.